The molecule has 0 aliphatic rings. The number of benzene rings is 1. The quantitative estimate of drug-likeness (QED) is 0.495. The Morgan fingerprint density at radius 3 is 2.65 bits per heavy atom. The number of methoxy groups -OCH3 is 1. The molecule has 0 amide bonds. The van der Waals surface area contributed by atoms with Gasteiger partial charge >= 0.3 is 0 Å². The Labute approximate surface area is 141 Å². The third kappa shape index (κ3) is 3.80. The fourth-order valence-corrected chi connectivity index (χ4v) is 3.44. The molecule has 1 aromatic carbocycles. The molecule has 0 atom stereocenters. The fourth-order valence-electron chi connectivity index (χ4n) is 1.90. The number of nitrogens with zero attached hydrogens (tertiary/aromatic N) is 2. The maximum atomic E-state index is 12.1. The van der Waals surface area contributed by atoms with Crippen LogP contribution in [0.1, 0.15) is 14.5 Å². The van der Waals surface area contributed by atoms with Crippen molar-refractivity contribution in [2.75, 3.05) is 12.9 Å². The van der Waals surface area contributed by atoms with Crippen LogP contribution in [-0.4, -0.2) is 28.8 Å². The zero-order valence-corrected chi connectivity index (χ0v) is 14.2. The number of hydrogen-bond acceptors (Lipinski definition) is 7. The van der Waals surface area contributed by atoms with Gasteiger partial charge in [0, 0.05) is 10.4 Å². The van der Waals surface area contributed by atoms with Gasteiger partial charge in [-0.1, -0.05) is 11.8 Å². The Kier molecular flexibility index (Phi) is 4.78. The van der Waals surface area contributed by atoms with Crippen molar-refractivity contribution in [2.24, 2.45) is 0 Å². The Morgan fingerprint density at radius 2 is 2.00 bits per heavy atom. The predicted molar refractivity (Wildman–Crippen MR) is 90.4 cm³/mol. The largest absolute Gasteiger partial charge is 0.497 e. The highest BCUT2D eigenvalue weighted by atomic mass is 32.2. The van der Waals surface area contributed by atoms with Gasteiger partial charge in [-0.05, 0) is 43.3 Å². The van der Waals surface area contributed by atoms with Crippen LogP contribution in [0.3, 0.4) is 0 Å². The first-order valence-electron chi connectivity index (χ1n) is 6.86. The van der Waals surface area contributed by atoms with E-state index in [0.29, 0.717) is 11.1 Å². The van der Waals surface area contributed by atoms with Gasteiger partial charge in [-0.2, -0.15) is 0 Å². The second-order valence-electron chi connectivity index (χ2n) is 4.72. The predicted octanol–water partition coefficient (Wildman–Crippen LogP) is 4.09. The smallest absolute Gasteiger partial charge is 0.277 e. The molecule has 23 heavy (non-hydrogen) atoms. The summed E-state index contributed by atoms with van der Waals surface area (Å²) < 4.78 is 10.7. The van der Waals surface area contributed by atoms with Crippen molar-refractivity contribution in [3.05, 3.63) is 46.2 Å². The molecule has 3 aromatic rings. The van der Waals surface area contributed by atoms with Gasteiger partial charge in [-0.25, -0.2) is 0 Å². The molecule has 3 rings (SSSR count). The zero-order valence-electron chi connectivity index (χ0n) is 12.6. The highest BCUT2D eigenvalue weighted by molar-refractivity contribution is 7.99. The third-order valence-corrected chi connectivity index (χ3v) is 4.95. The summed E-state index contributed by atoms with van der Waals surface area (Å²) >= 11 is 2.74. The van der Waals surface area contributed by atoms with Crippen molar-refractivity contribution >= 4 is 28.9 Å². The highest BCUT2D eigenvalue weighted by Crippen LogP contribution is 2.26. The Hall–Kier alpha value is -2.12. The molecule has 0 unspecified atom stereocenters. The van der Waals surface area contributed by atoms with Gasteiger partial charge in [0.25, 0.3) is 5.22 Å². The summed E-state index contributed by atoms with van der Waals surface area (Å²) in [4.78, 5) is 13.9. The van der Waals surface area contributed by atoms with Gasteiger partial charge < -0.3 is 9.15 Å². The van der Waals surface area contributed by atoms with E-state index in [1.54, 1.807) is 7.11 Å². The minimum absolute atomic E-state index is 0.0669. The first-order chi connectivity index (χ1) is 11.2. The summed E-state index contributed by atoms with van der Waals surface area (Å²) in [5, 5.41) is 8.37. The summed E-state index contributed by atoms with van der Waals surface area (Å²) in [6.07, 6.45) is 0. The Balaban J connectivity index is 1.63. The molecule has 2 aromatic heterocycles. The molecular formula is C16H14N2O3S2. The van der Waals surface area contributed by atoms with Crippen molar-refractivity contribution in [3.8, 4) is 17.2 Å². The maximum absolute atomic E-state index is 12.1. The lowest BCUT2D eigenvalue weighted by atomic mass is 10.2. The van der Waals surface area contributed by atoms with E-state index in [0.717, 1.165) is 21.1 Å². The topological polar surface area (TPSA) is 65.2 Å². The Morgan fingerprint density at radius 1 is 1.22 bits per heavy atom. The summed E-state index contributed by atoms with van der Waals surface area (Å²) in [6.45, 7) is 1.98. The normalized spacial score (nSPS) is 10.7. The number of thiophene rings is 1. The van der Waals surface area contributed by atoms with E-state index < -0.39 is 0 Å². The van der Waals surface area contributed by atoms with E-state index >= 15 is 0 Å². The molecule has 0 radical (unpaired) electrons. The minimum atomic E-state index is 0.0669. The molecule has 0 fully saturated rings. The first kappa shape index (κ1) is 15.8. The van der Waals surface area contributed by atoms with Crippen molar-refractivity contribution in [1.82, 2.24) is 10.2 Å². The molecule has 0 spiro atoms. The van der Waals surface area contributed by atoms with E-state index in [1.165, 1.54) is 23.1 Å². The SMILES string of the molecule is COc1ccc(-c2nnc(SCC(=O)c3ccc(C)s3)o2)cc1. The molecule has 0 N–H and O–H groups in total. The maximum Gasteiger partial charge on any atom is 0.277 e. The lowest BCUT2D eigenvalue weighted by molar-refractivity contribution is 0.102. The molecule has 0 saturated heterocycles. The second-order valence-corrected chi connectivity index (χ2v) is 6.94. The molecular weight excluding hydrogens is 332 g/mol. The first-order valence-corrected chi connectivity index (χ1v) is 8.66. The van der Waals surface area contributed by atoms with Gasteiger partial charge in [0.1, 0.15) is 5.75 Å². The average Bonchev–Trinajstić information content (AvgIpc) is 3.22. The summed E-state index contributed by atoms with van der Waals surface area (Å²) in [7, 11) is 1.61. The van der Waals surface area contributed by atoms with Crippen LogP contribution < -0.4 is 4.74 Å². The number of rotatable bonds is 6. The monoisotopic (exact) mass is 346 g/mol. The van der Waals surface area contributed by atoms with Crippen LogP contribution in [0.5, 0.6) is 5.75 Å². The van der Waals surface area contributed by atoms with Crippen LogP contribution in [0.25, 0.3) is 11.5 Å². The van der Waals surface area contributed by atoms with E-state index in [-0.39, 0.29) is 11.5 Å². The molecule has 118 valence electrons. The van der Waals surface area contributed by atoms with E-state index in [1.807, 2.05) is 43.3 Å². The van der Waals surface area contributed by atoms with E-state index in [9.17, 15) is 4.79 Å². The van der Waals surface area contributed by atoms with Crippen LogP contribution in [0.4, 0.5) is 0 Å². The molecule has 0 bridgehead atoms. The number of aryl methyl sites for hydroxylation is 1. The number of ether oxygens (including phenoxy) is 1. The number of aromatic nitrogens is 2. The summed E-state index contributed by atoms with van der Waals surface area (Å²) in [5.74, 6) is 1.54. The van der Waals surface area contributed by atoms with Gasteiger partial charge in [-0.3, -0.25) is 4.79 Å². The van der Waals surface area contributed by atoms with Crippen molar-refractivity contribution in [3.63, 3.8) is 0 Å². The van der Waals surface area contributed by atoms with Gasteiger partial charge in [-0.15, -0.1) is 21.5 Å². The minimum Gasteiger partial charge on any atom is -0.497 e. The second kappa shape index (κ2) is 6.97. The summed E-state index contributed by atoms with van der Waals surface area (Å²) in [6, 6.07) is 11.1. The van der Waals surface area contributed by atoms with Crippen LogP contribution in [0.2, 0.25) is 0 Å². The van der Waals surface area contributed by atoms with Gasteiger partial charge in [0.2, 0.25) is 5.89 Å². The number of hydrogen-bond donors (Lipinski definition) is 0. The van der Waals surface area contributed by atoms with Crippen molar-refractivity contribution in [2.45, 2.75) is 12.1 Å². The van der Waals surface area contributed by atoms with Crippen molar-refractivity contribution < 1.29 is 13.9 Å². The number of ketones is 1. The van der Waals surface area contributed by atoms with Crippen LogP contribution >= 0.6 is 23.1 Å². The molecule has 0 saturated carbocycles. The lowest BCUT2D eigenvalue weighted by Crippen LogP contribution is -1.99. The van der Waals surface area contributed by atoms with Crippen LogP contribution in [0.15, 0.2) is 46.0 Å². The number of thioether (sulfide) groups is 1. The van der Waals surface area contributed by atoms with Gasteiger partial charge in [0.05, 0.1) is 17.7 Å². The standard InChI is InChI=1S/C16H14N2O3S2/c1-10-3-8-14(23-10)13(19)9-22-16-18-17-15(21-16)11-4-6-12(20-2)7-5-11/h3-8H,9H2,1-2H3. The number of carbonyl (C=O) groups excluding carboxylic acids is 1. The zero-order chi connectivity index (χ0) is 16.2. The molecule has 0 aliphatic heterocycles. The molecule has 5 nitrogen and oxygen atoms in total. The molecule has 0 aliphatic carbocycles. The van der Waals surface area contributed by atoms with Crippen molar-refractivity contribution in [1.29, 1.82) is 0 Å². The third-order valence-electron chi connectivity index (χ3n) is 3.09. The van der Waals surface area contributed by atoms with Crippen LogP contribution in [-0.2, 0) is 0 Å². The lowest BCUT2D eigenvalue weighted by Gasteiger charge is -1.99. The number of Topliss-reactive ketones (excluding diaryl/α,β-unsaturated/α-hetero) is 1. The van der Waals surface area contributed by atoms with Gasteiger partial charge in [0.15, 0.2) is 5.78 Å². The molecule has 7 heteroatoms. The highest BCUT2D eigenvalue weighted by Gasteiger charge is 2.13. The fraction of sp³-hybridized carbons (Fsp3) is 0.188. The molecule has 2 heterocycles. The Bertz CT molecular complexity index is 809. The van der Waals surface area contributed by atoms with E-state index in [4.69, 9.17) is 9.15 Å². The number of carbonyl (C=O) groups is 1. The van der Waals surface area contributed by atoms with Crippen LogP contribution in [0, 0.1) is 6.92 Å². The average molecular weight is 346 g/mol. The van der Waals surface area contributed by atoms with E-state index in [2.05, 4.69) is 10.2 Å². The summed E-state index contributed by atoms with van der Waals surface area (Å²) in [5.41, 5.74) is 0.811.